The standard InChI is InChI=1S/C17H15FO2/c18-15-9-3-7-13(11-19)17(15)20-16-10-4-6-12-5-1-2-8-14(12)16/h1-3,5,7-9,11,16H,4,6,10H2. The Morgan fingerprint density at radius 3 is 2.85 bits per heavy atom. The van der Waals surface area contributed by atoms with Crippen LogP contribution in [0, 0.1) is 5.82 Å². The van der Waals surface area contributed by atoms with Crippen LogP contribution in [0.2, 0.25) is 0 Å². The molecule has 1 aliphatic rings. The fourth-order valence-corrected chi connectivity index (χ4v) is 2.72. The SMILES string of the molecule is O=Cc1cccc(F)c1OC1CCCc2ccccc21. The normalized spacial score (nSPS) is 17.4. The second-order valence-corrected chi connectivity index (χ2v) is 4.97. The van der Waals surface area contributed by atoms with Crippen LogP contribution < -0.4 is 4.74 Å². The minimum Gasteiger partial charge on any atom is -0.482 e. The quantitative estimate of drug-likeness (QED) is 0.785. The molecule has 20 heavy (non-hydrogen) atoms. The highest BCUT2D eigenvalue weighted by Crippen LogP contribution is 2.35. The van der Waals surface area contributed by atoms with Crippen LogP contribution in [0.25, 0.3) is 0 Å². The lowest BCUT2D eigenvalue weighted by Crippen LogP contribution is -2.16. The van der Waals surface area contributed by atoms with Crippen molar-refractivity contribution in [3.8, 4) is 5.75 Å². The Morgan fingerprint density at radius 2 is 2.00 bits per heavy atom. The minimum atomic E-state index is -0.488. The average molecular weight is 270 g/mol. The third kappa shape index (κ3) is 2.31. The zero-order valence-corrected chi connectivity index (χ0v) is 11.0. The van der Waals surface area contributed by atoms with Crippen molar-refractivity contribution in [2.45, 2.75) is 25.4 Å². The van der Waals surface area contributed by atoms with Gasteiger partial charge in [0.15, 0.2) is 17.9 Å². The van der Waals surface area contributed by atoms with Crippen molar-refractivity contribution >= 4 is 6.29 Å². The van der Waals surface area contributed by atoms with Crippen molar-refractivity contribution in [3.63, 3.8) is 0 Å². The molecule has 0 saturated carbocycles. The second-order valence-electron chi connectivity index (χ2n) is 4.97. The van der Waals surface area contributed by atoms with E-state index < -0.39 is 5.82 Å². The van der Waals surface area contributed by atoms with E-state index >= 15 is 0 Å². The minimum absolute atomic E-state index is 0.0594. The second kappa shape index (κ2) is 5.45. The topological polar surface area (TPSA) is 26.3 Å². The number of fused-ring (bicyclic) bond motifs is 1. The van der Waals surface area contributed by atoms with E-state index in [4.69, 9.17) is 4.74 Å². The summed E-state index contributed by atoms with van der Waals surface area (Å²) in [6.07, 6.45) is 3.31. The molecule has 0 aliphatic heterocycles. The summed E-state index contributed by atoms with van der Waals surface area (Å²) in [6, 6.07) is 12.5. The lowest BCUT2D eigenvalue weighted by molar-refractivity contribution is 0.111. The Labute approximate surface area is 117 Å². The lowest BCUT2D eigenvalue weighted by Gasteiger charge is -2.26. The Balaban J connectivity index is 1.95. The molecule has 2 aromatic carbocycles. The summed E-state index contributed by atoms with van der Waals surface area (Å²) in [7, 11) is 0. The van der Waals surface area contributed by atoms with Gasteiger partial charge in [-0.2, -0.15) is 0 Å². The summed E-state index contributed by atoms with van der Waals surface area (Å²) in [5.74, 6) is -0.429. The van der Waals surface area contributed by atoms with Gasteiger partial charge in [-0.05, 0) is 42.5 Å². The number of carbonyl (C=O) groups is 1. The summed E-state index contributed by atoms with van der Waals surface area (Å²) in [5.41, 5.74) is 2.60. The number of rotatable bonds is 3. The predicted octanol–water partition coefficient (Wildman–Crippen LogP) is 4.09. The summed E-state index contributed by atoms with van der Waals surface area (Å²) in [4.78, 5) is 11.0. The Bertz CT molecular complexity index is 637. The van der Waals surface area contributed by atoms with Crippen LogP contribution in [0.3, 0.4) is 0 Å². The van der Waals surface area contributed by atoms with Crippen LogP contribution >= 0.6 is 0 Å². The van der Waals surface area contributed by atoms with Crippen LogP contribution in [-0.4, -0.2) is 6.29 Å². The van der Waals surface area contributed by atoms with E-state index in [9.17, 15) is 9.18 Å². The number of hydrogen-bond acceptors (Lipinski definition) is 2. The summed E-state index contributed by atoms with van der Waals surface area (Å²) in [5, 5.41) is 0. The molecule has 2 aromatic rings. The number of aryl methyl sites for hydroxylation is 1. The third-order valence-electron chi connectivity index (χ3n) is 3.70. The average Bonchev–Trinajstić information content (AvgIpc) is 2.49. The number of benzene rings is 2. The summed E-state index contributed by atoms with van der Waals surface area (Å²) >= 11 is 0. The molecule has 0 saturated heterocycles. The van der Waals surface area contributed by atoms with E-state index in [2.05, 4.69) is 6.07 Å². The van der Waals surface area contributed by atoms with Crippen LogP contribution in [-0.2, 0) is 6.42 Å². The molecular formula is C17H15FO2. The first-order valence-electron chi connectivity index (χ1n) is 6.78. The smallest absolute Gasteiger partial charge is 0.166 e. The maximum atomic E-state index is 13.9. The van der Waals surface area contributed by atoms with E-state index in [1.165, 1.54) is 17.7 Å². The molecule has 0 amide bonds. The first-order valence-corrected chi connectivity index (χ1v) is 6.78. The summed E-state index contributed by atoms with van der Waals surface area (Å²) < 4.78 is 19.7. The number of ether oxygens (including phenoxy) is 1. The molecule has 0 radical (unpaired) electrons. The highest BCUT2D eigenvalue weighted by Gasteiger charge is 2.23. The molecule has 3 heteroatoms. The molecule has 0 fully saturated rings. The summed E-state index contributed by atoms with van der Waals surface area (Å²) in [6.45, 7) is 0. The predicted molar refractivity (Wildman–Crippen MR) is 74.5 cm³/mol. The molecule has 0 N–H and O–H groups in total. The van der Waals surface area contributed by atoms with Crippen LogP contribution in [0.1, 0.15) is 40.4 Å². The number of hydrogen-bond donors (Lipinski definition) is 0. The molecule has 3 rings (SSSR count). The molecule has 1 atom stereocenters. The Morgan fingerprint density at radius 1 is 1.15 bits per heavy atom. The number of para-hydroxylation sites is 1. The van der Waals surface area contributed by atoms with Gasteiger partial charge in [0.25, 0.3) is 0 Å². The van der Waals surface area contributed by atoms with Gasteiger partial charge >= 0.3 is 0 Å². The van der Waals surface area contributed by atoms with Crippen molar-refractivity contribution in [2.75, 3.05) is 0 Å². The van der Waals surface area contributed by atoms with E-state index in [-0.39, 0.29) is 17.4 Å². The molecule has 1 aliphatic carbocycles. The Hall–Kier alpha value is -2.16. The molecule has 1 unspecified atom stereocenters. The number of halogens is 1. The number of carbonyl (C=O) groups excluding carboxylic acids is 1. The first kappa shape index (κ1) is 12.9. The van der Waals surface area contributed by atoms with Gasteiger partial charge in [-0.15, -0.1) is 0 Å². The van der Waals surface area contributed by atoms with Gasteiger partial charge in [0.1, 0.15) is 6.10 Å². The van der Waals surface area contributed by atoms with Crippen molar-refractivity contribution in [3.05, 3.63) is 65.0 Å². The highest BCUT2D eigenvalue weighted by molar-refractivity contribution is 5.79. The molecular weight excluding hydrogens is 255 g/mol. The molecule has 102 valence electrons. The van der Waals surface area contributed by atoms with Gasteiger partial charge in [-0.25, -0.2) is 4.39 Å². The third-order valence-corrected chi connectivity index (χ3v) is 3.70. The van der Waals surface area contributed by atoms with Gasteiger partial charge in [-0.1, -0.05) is 30.3 Å². The lowest BCUT2D eigenvalue weighted by atomic mass is 9.89. The van der Waals surface area contributed by atoms with E-state index in [1.807, 2.05) is 18.2 Å². The van der Waals surface area contributed by atoms with Gasteiger partial charge in [0.2, 0.25) is 0 Å². The van der Waals surface area contributed by atoms with Gasteiger partial charge in [-0.3, -0.25) is 4.79 Å². The fraction of sp³-hybridized carbons (Fsp3) is 0.235. The van der Waals surface area contributed by atoms with Crippen LogP contribution in [0.5, 0.6) is 5.75 Å². The molecule has 0 aromatic heterocycles. The van der Waals surface area contributed by atoms with Gasteiger partial charge < -0.3 is 4.74 Å². The molecule has 0 heterocycles. The zero-order valence-electron chi connectivity index (χ0n) is 11.0. The Kier molecular flexibility index (Phi) is 3.50. The van der Waals surface area contributed by atoms with Crippen LogP contribution in [0.4, 0.5) is 4.39 Å². The first-order chi connectivity index (χ1) is 9.79. The fourth-order valence-electron chi connectivity index (χ4n) is 2.72. The number of aldehydes is 1. The molecule has 0 bridgehead atoms. The zero-order chi connectivity index (χ0) is 13.9. The van der Waals surface area contributed by atoms with Crippen LogP contribution in [0.15, 0.2) is 42.5 Å². The molecule has 2 nitrogen and oxygen atoms in total. The van der Waals surface area contributed by atoms with Crippen molar-refractivity contribution in [1.82, 2.24) is 0 Å². The van der Waals surface area contributed by atoms with Crippen molar-refractivity contribution in [1.29, 1.82) is 0 Å². The maximum absolute atomic E-state index is 13.9. The highest BCUT2D eigenvalue weighted by atomic mass is 19.1. The van der Waals surface area contributed by atoms with E-state index in [0.717, 1.165) is 24.8 Å². The van der Waals surface area contributed by atoms with E-state index in [1.54, 1.807) is 6.07 Å². The monoisotopic (exact) mass is 270 g/mol. The van der Waals surface area contributed by atoms with Gasteiger partial charge in [0, 0.05) is 0 Å². The maximum Gasteiger partial charge on any atom is 0.166 e. The van der Waals surface area contributed by atoms with E-state index in [0.29, 0.717) is 6.29 Å². The largest absolute Gasteiger partial charge is 0.482 e. The molecule has 0 spiro atoms. The van der Waals surface area contributed by atoms with Crippen molar-refractivity contribution < 1.29 is 13.9 Å². The van der Waals surface area contributed by atoms with Crippen molar-refractivity contribution in [2.24, 2.45) is 0 Å². The van der Waals surface area contributed by atoms with Gasteiger partial charge in [0.05, 0.1) is 5.56 Å².